The third-order valence-corrected chi connectivity index (χ3v) is 4.14. The smallest absolute Gasteiger partial charge is 0.225 e. The third kappa shape index (κ3) is 3.44. The van der Waals surface area contributed by atoms with Gasteiger partial charge in [-0.1, -0.05) is 20.8 Å². The van der Waals surface area contributed by atoms with Gasteiger partial charge in [0.1, 0.15) is 0 Å². The molecule has 1 amide bonds. The molecule has 0 aliphatic carbocycles. The van der Waals surface area contributed by atoms with Gasteiger partial charge in [-0.05, 0) is 44.7 Å². The Morgan fingerprint density at radius 1 is 1.12 bits per heavy atom. The van der Waals surface area contributed by atoms with E-state index in [1.807, 2.05) is 20.8 Å². The predicted molar refractivity (Wildman–Crippen MR) is 69.8 cm³/mol. The molecule has 0 aromatic carbocycles. The van der Waals surface area contributed by atoms with Gasteiger partial charge in [0, 0.05) is 18.0 Å². The molecule has 3 fully saturated rings. The molecule has 3 aliphatic heterocycles. The molecule has 3 heterocycles. The Hall–Kier alpha value is -0.570. The SMILES string of the molecule is CC(C)(C)C(=O)NC1CCN2CCC(CC2)C1. The third-order valence-electron chi connectivity index (χ3n) is 4.14. The zero-order valence-electron chi connectivity index (χ0n) is 11.5. The van der Waals surface area contributed by atoms with Gasteiger partial charge in [-0.3, -0.25) is 4.79 Å². The van der Waals surface area contributed by atoms with Gasteiger partial charge in [-0.15, -0.1) is 0 Å². The fourth-order valence-electron chi connectivity index (χ4n) is 2.84. The Balaban J connectivity index is 1.91. The number of amides is 1. The maximum Gasteiger partial charge on any atom is 0.225 e. The second kappa shape index (κ2) is 4.97. The number of hydrogen-bond acceptors (Lipinski definition) is 2. The average Bonchev–Trinajstić information content (AvgIpc) is 2.21. The van der Waals surface area contributed by atoms with E-state index in [2.05, 4.69) is 10.2 Å². The maximum atomic E-state index is 12.0. The second-order valence-corrected chi connectivity index (χ2v) is 6.73. The molecule has 1 N–H and O–H groups in total. The first-order valence-electron chi connectivity index (χ1n) is 6.98. The first kappa shape index (κ1) is 12.9. The summed E-state index contributed by atoms with van der Waals surface area (Å²) < 4.78 is 0. The largest absolute Gasteiger partial charge is 0.353 e. The van der Waals surface area contributed by atoms with E-state index >= 15 is 0 Å². The van der Waals surface area contributed by atoms with Gasteiger partial charge in [-0.2, -0.15) is 0 Å². The van der Waals surface area contributed by atoms with Crippen LogP contribution in [0.3, 0.4) is 0 Å². The van der Waals surface area contributed by atoms with Crippen LogP contribution in [0, 0.1) is 11.3 Å². The molecule has 1 atom stereocenters. The highest BCUT2D eigenvalue weighted by atomic mass is 16.2. The van der Waals surface area contributed by atoms with E-state index in [4.69, 9.17) is 0 Å². The minimum Gasteiger partial charge on any atom is -0.353 e. The van der Waals surface area contributed by atoms with Crippen LogP contribution in [-0.2, 0) is 4.79 Å². The van der Waals surface area contributed by atoms with Gasteiger partial charge >= 0.3 is 0 Å². The number of carbonyl (C=O) groups is 1. The summed E-state index contributed by atoms with van der Waals surface area (Å²) in [6.07, 6.45) is 4.96. The van der Waals surface area contributed by atoms with Gasteiger partial charge in [0.05, 0.1) is 0 Å². The van der Waals surface area contributed by atoms with E-state index in [0.717, 1.165) is 18.9 Å². The molecule has 3 rings (SSSR count). The molecule has 0 saturated carbocycles. The van der Waals surface area contributed by atoms with E-state index in [1.165, 1.54) is 32.4 Å². The van der Waals surface area contributed by atoms with Crippen LogP contribution in [0.15, 0.2) is 0 Å². The molecule has 17 heavy (non-hydrogen) atoms. The summed E-state index contributed by atoms with van der Waals surface area (Å²) in [5, 5.41) is 3.25. The Bertz CT molecular complexity index is 274. The van der Waals surface area contributed by atoms with E-state index in [-0.39, 0.29) is 11.3 Å². The lowest BCUT2D eigenvalue weighted by molar-refractivity contribution is -0.129. The normalized spacial score (nSPS) is 33.9. The fourth-order valence-corrected chi connectivity index (χ4v) is 2.84. The van der Waals surface area contributed by atoms with Crippen molar-refractivity contribution in [3.8, 4) is 0 Å². The van der Waals surface area contributed by atoms with Gasteiger partial charge in [0.25, 0.3) is 0 Å². The number of hydrogen-bond donors (Lipinski definition) is 1. The monoisotopic (exact) mass is 238 g/mol. The number of nitrogens with zero attached hydrogens (tertiary/aromatic N) is 1. The predicted octanol–water partition coefficient (Wildman–Crippen LogP) is 2.02. The summed E-state index contributed by atoms with van der Waals surface area (Å²) in [5.74, 6) is 1.03. The molecule has 0 spiro atoms. The molecular weight excluding hydrogens is 212 g/mol. The highest BCUT2D eigenvalue weighted by Crippen LogP contribution is 2.26. The van der Waals surface area contributed by atoms with Crippen LogP contribution in [-0.4, -0.2) is 36.5 Å². The molecule has 0 aromatic heterocycles. The molecule has 0 aromatic rings. The van der Waals surface area contributed by atoms with Crippen molar-refractivity contribution >= 4 is 5.91 Å². The zero-order valence-corrected chi connectivity index (χ0v) is 11.5. The minimum atomic E-state index is -0.262. The zero-order chi connectivity index (χ0) is 12.5. The van der Waals surface area contributed by atoms with Gasteiger partial charge in [0.15, 0.2) is 0 Å². The molecule has 3 saturated heterocycles. The molecular formula is C14H26N2O. The average molecular weight is 238 g/mol. The van der Waals surface area contributed by atoms with Crippen molar-refractivity contribution in [3.63, 3.8) is 0 Å². The lowest BCUT2D eigenvalue weighted by Gasteiger charge is -2.38. The van der Waals surface area contributed by atoms with Crippen LogP contribution >= 0.6 is 0 Å². The maximum absolute atomic E-state index is 12.0. The van der Waals surface area contributed by atoms with Crippen LogP contribution in [0.5, 0.6) is 0 Å². The van der Waals surface area contributed by atoms with Gasteiger partial charge in [-0.25, -0.2) is 0 Å². The van der Waals surface area contributed by atoms with Crippen molar-refractivity contribution in [3.05, 3.63) is 0 Å². The van der Waals surface area contributed by atoms with E-state index in [1.54, 1.807) is 0 Å². The first-order chi connectivity index (χ1) is 7.95. The number of fused-ring (bicyclic) bond motifs is 5. The molecule has 2 bridgehead atoms. The molecule has 3 aliphatic rings. The highest BCUT2D eigenvalue weighted by molar-refractivity contribution is 5.81. The number of piperidine rings is 1. The standard InChI is InChI=1S/C14H26N2O/c1-14(2,3)13(17)15-12-6-9-16-7-4-11(10-12)5-8-16/h11-12H,4-10H2,1-3H3,(H,15,17). The summed E-state index contributed by atoms with van der Waals surface area (Å²) >= 11 is 0. The lowest BCUT2D eigenvalue weighted by atomic mass is 9.86. The van der Waals surface area contributed by atoms with Crippen molar-refractivity contribution in [2.45, 2.75) is 52.5 Å². The van der Waals surface area contributed by atoms with Crippen molar-refractivity contribution in [2.24, 2.45) is 11.3 Å². The van der Waals surface area contributed by atoms with Crippen molar-refractivity contribution in [1.82, 2.24) is 10.2 Å². The summed E-state index contributed by atoms with van der Waals surface area (Å²) in [6, 6.07) is 0.398. The quantitative estimate of drug-likeness (QED) is 0.758. The first-order valence-corrected chi connectivity index (χ1v) is 6.98. The summed E-state index contributed by atoms with van der Waals surface area (Å²) in [4.78, 5) is 14.6. The molecule has 0 radical (unpaired) electrons. The van der Waals surface area contributed by atoms with Gasteiger partial charge in [0.2, 0.25) is 5.91 Å². The van der Waals surface area contributed by atoms with Gasteiger partial charge < -0.3 is 10.2 Å². The van der Waals surface area contributed by atoms with E-state index in [0.29, 0.717) is 6.04 Å². The van der Waals surface area contributed by atoms with Crippen LogP contribution < -0.4 is 5.32 Å². The second-order valence-electron chi connectivity index (χ2n) is 6.73. The Kier molecular flexibility index (Phi) is 3.76. The number of nitrogens with one attached hydrogen (secondary N) is 1. The van der Waals surface area contributed by atoms with Crippen LogP contribution in [0.2, 0.25) is 0 Å². The van der Waals surface area contributed by atoms with E-state index in [9.17, 15) is 4.79 Å². The highest BCUT2D eigenvalue weighted by Gasteiger charge is 2.29. The van der Waals surface area contributed by atoms with E-state index < -0.39 is 0 Å². The topological polar surface area (TPSA) is 32.3 Å². The van der Waals surface area contributed by atoms with Crippen molar-refractivity contribution in [2.75, 3.05) is 19.6 Å². The summed E-state index contributed by atoms with van der Waals surface area (Å²) in [7, 11) is 0. The number of rotatable bonds is 1. The molecule has 1 unspecified atom stereocenters. The molecule has 3 nitrogen and oxygen atoms in total. The lowest BCUT2D eigenvalue weighted by Crippen LogP contribution is -2.47. The van der Waals surface area contributed by atoms with Crippen LogP contribution in [0.25, 0.3) is 0 Å². The Morgan fingerprint density at radius 2 is 1.71 bits per heavy atom. The van der Waals surface area contributed by atoms with Crippen LogP contribution in [0.1, 0.15) is 46.5 Å². The number of carbonyl (C=O) groups excluding carboxylic acids is 1. The fraction of sp³-hybridized carbons (Fsp3) is 0.929. The van der Waals surface area contributed by atoms with Crippen molar-refractivity contribution in [1.29, 1.82) is 0 Å². The molecule has 98 valence electrons. The Morgan fingerprint density at radius 3 is 2.29 bits per heavy atom. The van der Waals surface area contributed by atoms with Crippen molar-refractivity contribution < 1.29 is 4.79 Å². The molecule has 3 heteroatoms. The van der Waals surface area contributed by atoms with Crippen LogP contribution in [0.4, 0.5) is 0 Å². The summed E-state index contributed by atoms with van der Waals surface area (Å²) in [5.41, 5.74) is -0.262. The Labute approximate surface area is 105 Å². The summed E-state index contributed by atoms with van der Waals surface area (Å²) in [6.45, 7) is 9.65. The minimum absolute atomic E-state index is 0.203.